The van der Waals surface area contributed by atoms with Crippen molar-refractivity contribution in [2.45, 2.75) is 6.92 Å². The molecule has 0 saturated carbocycles. The summed E-state index contributed by atoms with van der Waals surface area (Å²) in [5.41, 5.74) is 1.93. The van der Waals surface area contributed by atoms with Crippen LogP contribution >= 0.6 is 0 Å². The Hall–Kier alpha value is -2.69. The molecule has 2 aromatic rings. The van der Waals surface area contributed by atoms with Crippen molar-refractivity contribution in [1.82, 2.24) is 4.98 Å². The Bertz CT molecular complexity index is 636. The number of aryl methyl sites for hydroxylation is 1. The van der Waals surface area contributed by atoms with E-state index in [0.717, 1.165) is 5.56 Å². The average molecular weight is 270 g/mol. The molecule has 1 heterocycles. The Kier molecular flexibility index (Phi) is 4.10. The van der Waals surface area contributed by atoms with Gasteiger partial charge in [-0.05, 0) is 31.2 Å². The van der Waals surface area contributed by atoms with Crippen LogP contribution in [0.25, 0.3) is 0 Å². The molecule has 0 radical (unpaired) electrons. The van der Waals surface area contributed by atoms with Crippen LogP contribution in [0.2, 0.25) is 0 Å². The van der Waals surface area contributed by atoms with Crippen molar-refractivity contribution in [3.05, 3.63) is 59.4 Å². The van der Waals surface area contributed by atoms with Crippen molar-refractivity contribution in [2.75, 3.05) is 12.4 Å². The molecule has 1 amide bonds. The Morgan fingerprint density at radius 1 is 1.15 bits per heavy atom. The van der Waals surface area contributed by atoms with Gasteiger partial charge in [-0.25, -0.2) is 9.78 Å². The van der Waals surface area contributed by atoms with Crippen molar-refractivity contribution in [2.24, 2.45) is 0 Å². The number of anilines is 1. The van der Waals surface area contributed by atoms with Gasteiger partial charge in [0, 0.05) is 11.9 Å². The van der Waals surface area contributed by atoms with Gasteiger partial charge in [0.1, 0.15) is 0 Å². The first-order chi connectivity index (χ1) is 9.61. The van der Waals surface area contributed by atoms with Crippen molar-refractivity contribution in [3.63, 3.8) is 0 Å². The van der Waals surface area contributed by atoms with Crippen LogP contribution in [0, 0.1) is 6.92 Å². The molecule has 0 aliphatic rings. The molecule has 1 aromatic carbocycles. The number of ether oxygens (including phenoxy) is 1. The topological polar surface area (TPSA) is 68.3 Å². The molecule has 0 unspecified atom stereocenters. The van der Waals surface area contributed by atoms with Gasteiger partial charge >= 0.3 is 5.97 Å². The maximum atomic E-state index is 12.2. The summed E-state index contributed by atoms with van der Waals surface area (Å²) >= 11 is 0. The third-order valence-electron chi connectivity index (χ3n) is 2.74. The van der Waals surface area contributed by atoms with E-state index in [2.05, 4.69) is 15.0 Å². The Balaban J connectivity index is 2.25. The van der Waals surface area contributed by atoms with E-state index in [1.165, 1.54) is 19.4 Å². The Morgan fingerprint density at radius 2 is 1.85 bits per heavy atom. The van der Waals surface area contributed by atoms with Crippen LogP contribution in [0.4, 0.5) is 5.69 Å². The SMILES string of the molecule is COC(=O)c1ncccc1C(=O)Nc1ccc(C)cc1. The number of aromatic nitrogens is 1. The van der Waals surface area contributed by atoms with E-state index in [1.807, 2.05) is 19.1 Å². The summed E-state index contributed by atoms with van der Waals surface area (Å²) in [5, 5.41) is 2.72. The minimum absolute atomic E-state index is 0.000360. The maximum absolute atomic E-state index is 12.2. The molecule has 0 aliphatic heterocycles. The van der Waals surface area contributed by atoms with Gasteiger partial charge in [-0.3, -0.25) is 4.79 Å². The molecule has 5 heteroatoms. The molecule has 5 nitrogen and oxygen atoms in total. The van der Waals surface area contributed by atoms with E-state index in [1.54, 1.807) is 18.2 Å². The van der Waals surface area contributed by atoms with E-state index in [-0.39, 0.29) is 11.3 Å². The van der Waals surface area contributed by atoms with Gasteiger partial charge in [0.05, 0.1) is 12.7 Å². The molecule has 0 saturated heterocycles. The number of carbonyl (C=O) groups is 2. The lowest BCUT2D eigenvalue weighted by Crippen LogP contribution is -2.18. The largest absolute Gasteiger partial charge is 0.464 e. The normalized spacial score (nSPS) is 9.90. The fourth-order valence-corrected chi connectivity index (χ4v) is 1.68. The van der Waals surface area contributed by atoms with Crippen LogP contribution in [0.5, 0.6) is 0 Å². The van der Waals surface area contributed by atoms with Crippen LogP contribution in [0.3, 0.4) is 0 Å². The van der Waals surface area contributed by atoms with Gasteiger partial charge in [0.2, 0.25) is 0 Å². The number of methoxy groups -OCH3 is 1. The molecule has 102 valence electrons. The fourth-order valence-electron chi connectivity index (χ4n) is 1.68. The van der Waals surface area contributed by atoms with Crippen LogP contribution < -0.4 is 5.32 Å². The predicted molar refractivity (Wildman–Crippen MR) is 74.7 cm³/mol. The van der Waals surface area contributed by atoms with Gasteiger partial charge in [-0.2, -0.15) is 0 Å². The second kappa shape index (κ2) is 5.97. The standard InChI is InChI=1S/C15H14N2O3/c1-10-5-7-11(8-6-10)17-14(18)12-4-3-9-16-13(12)15(19)20-2/h3-9H,1-2H3,(H,17,18). The summed E-state index contributed by atoms with van der Waals surface area (Å²) in [4.78, 5) is 27.6. The number of hydrogen-bond acceptors (Lipinski definition) is 4. The highest BCUT2D eigenvalue weighted by Gasteiger charge is 2.18. The first-order valence-corrected chi connectivity index (χ1v) is 6.03. The smallest absolute Gasteiger partial charge is 0.357 e. The molecule has 2 rings (SSSR count). The summed E-state index contributed by atoms with van der Waals surface area (Å²) in [6.45, 7) is 1.96. The molecule has 0 fully saturated rings. The number of rotatable bonds is 3. The monoisotopic (exact) mass is 270 g/mol. The van der Waals surface area contributed by atoms with E-state index in [0.29, 0.717) is 5.69 Å². The lowest BCUT2D eigenvalue weighted by Gasteiger charge is -2.08. The quantitative estimate of drug-likeness (QED) is 0.870. The Labute approximate surface area is 116 Å². The maximum Gasteiger partial charge on any atom is 0.357 e. The number of esters is 1. The third-order valence-corrected chi connectivity index (χ3v) is 2.74. The van der Waals surface area contributed by atoms with Crippen molar-refractivity contribution in [1.29, 1.82) is 0 Å². The van der Waals surface area contributed by atoms with Gasteiger partial charge in [0.25, 0.3) is 5.91 Å². The molecule has 0 spiro atoms. The molecule has 0 bridgehead atoms. The van der Waals surface area contributed by atoms with E-state index < -0.39 is 11.9 Å². The molecule has 0 atom stereocenters. The molecule has 0 aliphatic carbocycles. The number of carbonyl (C=O) groups excluding carboxylic acids is 2. The number of pyridine rings is 1. The highest BCUT2D eigenvalue weighted by molar-refractivity contribution is 6.10. The molecule has 1 N–H and O–H groups in total. The molecular formula is C15H14N2O3. The summed E-state index contributed by atoms with van der Waals surface area (Å²) in [5.74, 6) is -1.04. The zero-order chi connectivity index (χ0) is 14.5. The minimum Gasteiger partial charge on any atom is -0.464 e. The zero-order valence-corrected chi connectivity index (χ0v) is 11.2. The lowest BCUT2D eigenvalue weighted by atomic mass is 10.1. The van der Waals surface area contributed by atoms with Crippen LogP contribution in [-0.4, -0.2) is 24.0 Å². The summed E-state index contributed by atoms with van der Waals surface area (Å²) in [6.07, 6.45) is 1.44. The van der Waals surface area contributed by atoms with E-state index in [4.69, 9.17) is 0 Å². The zero-order valence-electron chi connectivity index (χ0n) is 11.2. The minimum atomic E-state index is -0.639. The number of amides is 1. The number of hydrogen-bond donors (Lipinski definition) is 1. The summed E-state index contributed by atoms with van der Waals surface area (Å²) < 4.78 is 4.61. The second-order valence-electron chi connectivity index (χ2n) is 4.21. The fraction of sp³-hybridized carbons (Fsp3) is 0.133. The third kappa shape index (κ3) is 3.00. The second-order valence-corrected chi connectivity index (χ2v) is 4.21. The molecular weight excluding hydrogens is 256 g/mol. The highest BCUT2D eigenvalue weighted by atomic mass is 16.5. The number of benzene rings is 1. The lowest BCUT2D eigenvalue weighted by molar-refractivity contribution is 0.0590. The van der Waals surface area contributed by atoms with Gasteiger partial charge in [0.15, 0.2) is 5.69 Å². The van der Waals surface area contributed by atoms with Crippen LogP contribution in [0.15, 0.2) is 42.6 Å². The summed E-state index contributed by atoms with van der Waals surface area (Å²) in [6, 6.07) is 10.5. The van der Waals surface area contributed by atoms with Crippen molar-refractivity contribution >= 4 is 17.6 Å². The van der Waals surface area contributed by atoms with E-state index in [9.17, 15) is 9.59 Å². The van der Waals surface area contributed by atoms with Gasteiger partial charge in [-0.15, -0.1) is 0 Å². The van der Waals surface area contributed by atoms with Crippen LogP contribution in [-0.2, 0) is 4.74 Å². The first kappa shape index (κ1) is 13.7. The molecule has 1 aromatic heterocycles. The number of nitrogens with one attached hydrogen (secondary N) is 1. The van der Waals surface area contributed by atoms with Crippen LogP contribution in [0.1, 0.15) is 26.4 Å². The van der Waals surface area contributed by atoms with Gasteiger partial charge < -0.3 is 10.1 Å². The van der Waals surface area contributed by atoms with E-state index >= 15 is 0 Å². The first-order valence-electron chi connectivity index (χ1n) is 6.03. The average Bonchev–Trinajstić information content (AvgIpc) is 2.48. The molecule has 20 heavy (non-hydrogen) atoms. The summed E-state index contributed by atoms with van der Waals surface area (Å²) in [7, 11) is 1.25. The highest BCUT2D eigenvalue weighted by Crippen LogP contribution is 2.13. The van der Waals surface area contributed by atoms with Crippen molar-refractivity contribution in [3.8, 4) is 0 Å². The Morgan fingerprint density at radius 3 is 2.50 bits per heavy atom. The predicted octanol–water partition coefficient (Wildman–Crippen LogP) is 2.43. The van der Waals surface area contributed by atoms with Crippen molar-refractivity contribution < 1.29 is 14.3 Å². The number of nitrogens with zero attached hydrogens (tertiary/aromatic N) is 1. The van der Waals surface area contributed by atoms with Gasteiger partial charge in [-0.1, -0.05) is 17.7 Å².